The van der Waals surface area contributed by atoms with Crippen molar-refractivity contribution in [2.45, 2.75) is 71.4 Å². The highest BCUT2D eigenvalue weighted by atomic mass is 32.2. The molecular formula is C31H39F3N6O8S. The minimum absolute atomic E-state index is 0.0810. The first-order chi connectivity index (χ1) is 22.8. The van der Waals surface area contributed by atoms with E-state index in [0.717, 1.165) is 33.5 Å². The number of rotatable bonds is 14. The van der Waals surface area contributed by atoms with Crippen molar-refractivity contribution >= 4 is 22.1 Å². The van der Waals surface area contributed by atoms with E-state index in [1.165, 1.54) is 26.1 Å². The molecule has 0 aliphatic carbocycles. The fourth-order valence-electron chi connectivity index (χ4n) is 4.30. The van der Waals surface area contributed by atoms with E-state index >= 15 is 0 Å². The molecule has 0 bridgehead atoms. The lowest BCUT2D eigenvalue weighted by molar-refractivity contribution is -0.716. The number of amides is 1. The molecule has 0 aliphatic rings. The molecule has 1 heterocycles. The summed E-state index contributed by atoms with van der Waals surface area (Å²) in [6, 6.07) is 11.6. The number of halogens is 3. The Labute approximate surface area is 282 Å². The maximum absolute atomic E-state index is 13.5. The van der Waals surface area contributed by atoms with E-state index in [4.69, 9.17) is 14.3 Å². The molecule has 1 unspecified atom stereocenters. The van der Waals surface area contributed by atoms with Gasteiger partial charge in [-0.1, -0.05) is 63.9 Å². The van der Waals surface area contributed by atoms with Crippen LogP contribution in [0.2, 0.25) is 0 Å². The molecule has 49 heavy (non-hydrogen) atoms. The first-order valence-corrected chi connectivity index (χ1v) is 16.6. The number of carbonyl (C=O) groups excluding carboxylic acids is 2. The van der Waals surface area contributed by atoms with Crippen LogP contribution in [-0.4, -0.2) is 66.2 Å². The molecule has 1 amide bonds. The van der Waals surface area contributed by atoms with Crippen molar-refractivity contribution in [2.24, 2.45) is 17.1 Å². The van der Waals surface area contributed by atoms with Crippen LogP contribution < -0.4 is 4.72 Å². The molecule has 0 saturated heterocycles. The molecule has 0 saturated carbocycles. The second kappa shape index (κ2) is 16.0. The summed E-state index contributed by atoms with van der Waals surface area (Å²) in [4.78, 5) is 28.9. The summed E-state index contributed by atoms with van der Waals surface area (Å²) >= 11 is 0. The highest BCUT2D eigenvalue weighted by molar-refractivity contribution is 7.90. The van der Waals surface area contributed by atoms with E-state index in [2.05, 4.69) is 10.4 Å². The van der Waals surface area contributed by atoms with Gasteiger partial charge in [-0.2, -0.15) is 18.3 Å². The van der Waals surface area contributed by atoms with Gasteiger partial charge in [0.1, 0.15) is 12.6 Å². The summed E-state index contributed by atoms with van der Waals surface area (Å²) < 4.78 is 79.6. The van der Waals surface area contributed by atoms with Crippen molar-refractivity contribution in [2.75, 3.05) is 13.7 Å². The average Bonchev–Trinajstić information content (AvgIpc) is 3.50. The van der Waals surface area contributed by atoms with Crippen molar-refractivity contribution < 1.29 is 50.5 Å². The second-order valence-electron chi connectivity index (χ2n) is 11.5. The number of ether oxygens (including phenoxy) is 2. The number of esters is 1. The lowest BCUT2D eigenvalue weighted by atomic mass is 10.00. The number of aromatic nitrogens is 2. The molecular weight excluding hydrogens is 673 g/mol. The number of hydrazine groups is 1. The number of sulfonamides is 1. The van der Waals surface area contributed by atoms with Gasteiger partial charge < -0.3 is 14.7 Å². The number of hydrogen-bond donors (Lipinski definition) is 1. The Morgan fingerprint density at radius 2 is 1.69 bits per heavy atom. The first kappa shape index (κ1) is 38.6. The van der Waals surface area contributed by atoms with Crippen molar-refractivity contribution in [3.8, 4) is 16.9 Å². The molecule has 3 rings (SSSR count). The summed E-state index contributed by atoms with van der Waals surface area (Å²) in [6.45, 7) is 9.61. The molecule has 0 radical (unpaired) electrons. The van der Waals surface area contributed by atoms with Gasteiger partial charge in [-0.3, -0.25) is 9.63 Å². The summed E-state index contributed by atoms with van der Waals surface area (Å²) in [5.74, 6) is -1.23. The minimum atomic E-state index is -4.72. The van der Waals surface area contributed by atoms with Gasteiger partial charge in [0.05, 0.1) is 34.2 Å². The summed E-state index contributed by atoms with van der Waals surface area (Å²) in [5.41, 5.74) is 0.494. The fraction of sp³-hybridized carbons (Fsp3) is 0.452. The largest absolute Gasteiger partial charge is 0.569 e. The molecule has 2 aromatic carbocycles. The number of alkyl halides is 3. The third-order valence-electron chi connectivity index (χ3n) is 7.41. The smallest absolute Gasteiger partial charge is 0.435 e. The fourth-order valence-corrected chi connectivity index (χ4v) is 5.19. The van der Waals surface area contributed by atoms with Crippen LogP contribution in [0.15, 0.2) is 64.8 Å². The number of nitrogens with zero attached hydrogens (tertiary/aromatic N) is 5. The van der Waals surface area contributed by atoms with Gasteiger partial charge in [0.25, 0.3) is 16.3 Å². The topological polar surface area (TPSA) is 167 Å². The molecule has 268 valence electrons. The van der Waals surface area contributed by atoms with Gasteiger partial charge in [-0.05, 0) is 43.2 Å². The predicted molar refractivity (Wildman–Crippen MR) is 169 cm³/mol. The van der Waals surface area contributed by atoms with Crippen LogP contribution in [0, 0.1) is 24.0 Å². The number of aryl methyl sites for hydroxylation is 1. The Morgan fingerprint density at radius 3 is 2.24 bits per heavy atom. The van der Waals surface area contributed by atoms with Crippen LogP contribution in [0.5, 0.6) is 0 Å². The predicted octanol–water partition coefficient (Wildman–Crippen LogP) is 5.98. The summed E-state index contributed by atoms with van der Waals surface area (Å²) in [6.07, 6.45) is -6.68. The molecule has 3 aromatic rings. The van der Waals surface area contributed by atoms with Crippen LogP contribution in [0.25, 0.3) is 16.9 Å². The van der Waals surface area contributed by atoms with Crippen molar-refractivity contribution in [3.05, 3.63) is 71.1 Å². The monoisotopic (exact) mass is 712 g/mol. The maximum atomic E-state index is 13.5. The van der Waals surface area contributed by atoms with Crippen LogP contribution >= 0.6 is 0 Å². The highest BCUT2D eigenvalue weighted by Gasteiger charge is 2.35. The van der Waals surface area contributed by atoms with Crippen LogP contribution in [0.3, 0.4) is 0 Å². The van der Waals surface area contributed by atoms with Crippen LogP contribution in [0.4, 0.5) is 18.0 Å². The Kier molecular flexibility index (Phi) is 12.6. The number of carbonyl (C=O) groups is 2. The van der Waals surface area contributed by atoms with Gasteiger partial charge >= 0.3 is 18.2 Å². The van der Waals surface area contributed by atoms with Crippen LogP contribution in [0.1, 0.15) is 52.3 Å². The third kappa shape index (κ3) is 10.3. The SMILES string of the molecule is CC[C@@H](C)[C@@H](COC(=O)NS(=O)(=O)c1ccc(-n2nc(C(F)(F)F)cc2-c2ccc(C)cc2)cc1)N(C)[N+]([O-])=NOC(C)OC(=O)C(C)C. The number of benzene rings is 2. The average molecular weight is 713 g/mol. The zero-order valence-corrected chi connectivity index (χ0v) is 28.8. The zero-order valence-electron chi connectivity index (χ0n) is 28.0. The Balaban J connectivity index is 1.72. The first-order valence-electron chi connectivity index (χ1n) is 15.2. The zero-order chi connectivity index (χ0) is 36.7. The molecule has 1 aromatic heterocycles. The van der Waals surface area contributed by atoms with Crippen molar-refractivity contribution in [1.82, 2.24) is 19.5 Å². The van der Waals surface area contributed by atoms with Gasteiger partial charge in [0.2, 0.25) is 5.28 Å². The molecule has 1 N–H and O–H groups in total. The van der Waals surface area contributed by atoms with E-state index in [-0.39, 0.29) is 27.2 Å². The third-order valence-corrected chi connectivity index (χ3v) is 8.74. The van der Waals surface area contributed by atoms with Crippen molar-refractivity contribution in [3.63, 3.8) is 0 Å². The number of hydrogen-bond acceptors (Lipinski definition) is 10. The molecule has 0 spiro atoms. The molecule has 0 aliphatic heterocycles. The summed E-state index contributed by atoms with van der Waals surface area (Å²) in [7, 11) is -3.14. The van der Waals surface area contributed by atoms with Gasteiger partial charge in [-0.25, -0.2) is 22.6 Å². The summed E-state index contributed by atoms with van der Waals surface area (Å²) in [5, 5.41) is 20.7. The molecule has 14 nitrogen and oxygen atoms in total. The lowest BCUT2D eigenvalue weighted by Crippen LogP contribution is -2.45. The van der Waals surface area contributed by atoms with E-state index in [1.807, 2.05) is 13.8 Å². The quantitative estimate of drug-likeness (QED) is 0.0690. The molecule has 18 heteroatoms. The number of likely N-dealkylation sites (N-methyl/N-ethyl adjacent to an activating group) is 1. The van der Waals surface area contributed by atoms with Crippen molar-refractivity contribution in [1.29, 1.82) is 0 Å². The Hall–Kier alpha value is -4.87. The standard InChI is InChI=1S/C31H39F3N6O8S/c1-8-21(5)27(38(7)40(43)37-48-22(6)47-29(41)19(2)3)18-46-30(42)36-49(44,45)25-15-13-24(14-16-25)39-26(17-28(35-39)31(32,33)34)23-11-9-20(4)10-12-23/h9-17,19,21-22,27H,8,18H2,1-7H3,(H,36,42)/t21-,22?,27-/m1/s1. The van der Waals surface area contributed by atoms with E-state index in [0.29, 0.717) is 12.0 Å². The Bertz CT molecular complexity index is 1730. The van der Waals surface area contributed by atoms with Gasteiger partial charge in [0.15, 0.2) is 5.69 Å². The Morgan fingerprint density at radius 1 is 1.08 bits per heavy atom. The molecule has 0 fully saturated rings. The van der Waals surface area contributed by atoms with E-state index < -0.39 is 58.8 Å². The van der Waals surface area contributed by atoms with Crippen LogP contribution in [-0.2, 0) is 35.3 Å². The van der Waals surface area contributed by atoms with Gasteiger partial charge in [0, 0.05) is 12.5 Å². The maximum Gasteiger partial charge on any atom is 0.435 e. The molecule has 3 atom stereocenters. The van der Waals surface area contributed by atoms with E-state index in [9.17, 15) is 36.4 Å². The second-order valence-corrected chi connectivity index (χ2v) is 13.2. The lowest BCUT2D eigenvalue weighted by Gasteiger charge is -2.28. The highest BCUT2D eigenvalue weighted by Crippen LogP contribution is 2.33. The van der Waals surface area contributed by atoms with Gasteiger partial charge in [-0.15, -0.1) is 5.01 Å². The van der Waals surface area contributed by atoms with E-state index in [1.54, 1.807) is 49.8 Å². The number of nitrogens with one attached hydrogen (secondary N) is 1. The minimum Gasteiger partial charge on any atom is -0.569 e. The normalized spacial score (nSPS) is 14.1.